The molecule has 0 unspecified atom stereocenters. The fraction of sp³-hybridized carbons (Fsp3) is 0.824. The standard InChI is InChI=1S/C17H27N3O3/c21-14(19-11-5-1-2-6-12-19)8-7-13-20-15(22)17(18-16(20)23)9-3-4-10-17/h1-13H2,(H,18,23). The average Bonchev–Trinajstić information content (AvgIpc) is 2.95. The van der Waals surface area contributed by atoms with E-state index >= 15 is 0 Å². The Kier molecular flexibility index (Phi) is 4.87. The number of urea groups is 1. The van der Waals surface area contributed by atoms with Crippen molar-refractivity contribution in [1.82, 2.24) is 15.1 Å². The molecular weight excluding hydrogens is 294 g/mol. The lowest BCUT2D eigenvalue weighted by Gasteiger charge is -2.21. The van der Waals surface area contributed by atoms with Gasteiger partial charge in [0.2, 0.25) is 5.91 Å². The minimum Gasteiger partial charge on any atom is -0.343 e. The van der Waals surface area contributed by atoms with Crippen LogP contribution in [0, 0.1) is 0 Å². The predicted molar refractivity (Wildman–Crippen MR) is 85.7 cm³/mol. The first kappa shape index (κ1) is 16.3. The quantitative estimate of drug-likeness (QED) is 0.806. The Balaban J connectivity index is 1.47. The molecular formula is C17H27N3O3. The Morgan fingerprint density at radius 1 is 1.00 bits per heavy atom. The van der Waals surface area contributed by atoms with E-state index in [4.69, 9.17) is 0 Å². The molecule has 3 fully saturated rings. The third-order valence-electron chi connectivity index (χ3n) is 5.43. The van der Waals surface area contributed by atoms with E-state index in [9.17, 15) is 14.4 Å². The minimum atomic E-state index is -0.633. The molecule has 0 bridgehead atoms. The van der Waals surface area contributed by atoms with Crippen LogP contribution in [-0.2, 0) is 9.59 Å². The van der Waals surface area contributed by atoms with Gasteiger partial charge >= 0.3 is 6.03 Å². The Bertz CT molecular complexity index is 477. The van der Waals surface area contributed by atoms with Crippen LogP contribution in [-0.4, -0.2) is 52.8 Å². The maximum Gasteiger partial charge on any atom is 0.325 e. The number of imide groups is 1. The molecule has 0 atom stereocenters. The first-order chi connectivity index (χ1) is 11.1. The van der Waals surface area contributed by atoms with Gasteiger partial charge in [0.05, 0.1) is 0 Å². The fourth-order valence-corrected chi connectivity index (χ4v) is 4.06. The summed E-state index contributed by atoms with van der Waals surface area (Å²) in [5.41, 5.74) is -0.633. The molecule has 0 radical (unpaired) electrons. The van der Waals surface area contributed by atoms with Gasteiger partial charge in [0, 0.05) is 26.1 Å². The van der Waals surface area contributed by atoms with Crippen LogP contribution in [0.1, 0.15) is 64.2 Å². The summed E-state index contributed by atoms with van der Waals surface area (Å²) in [7, 11) is 0. The molecule has 1 N–H and O–H groups in total. The first-order valence-electron chi connectivity index (χ1n) is 9.04. The molecule has 2 aliphatic heterocycles. The molecule has 23 heavy (non-hydrogen) atoms. The molecule has 0 aromatic carbocycles. The van der Waals surface area contributed by atoms with Gasteiger partial charge in [-0.2, -0.15) is 0 Å². The fourth-order valence-electron chi connectivity index (χ4n) is 4.06. The molecule has 1 saturated carbocycles. The topological polar surface area (TPSA) is 69.7 Å². The molecule has 4 amide bonds. The van der Waals surface area contributed by atoms with Gasteiger partial charge in [-0.3, -0.25) is 14.5 Å². The third kappa shape index (κ3) is 3.35. The normalized spacial score (nSPS) is 24.2. The molecule has 6 heteroatoms. The van der Waals surface area contributed by atoms with Crippen molar-refractivity contribution in [3.63, 3.8) is 0 Å². The van der Waals surface area contributed by atoms with Crippen LogP contribution >= 0.6 is 0 Å². The van der Waals surface area contributed by atoms with Gasteiger partial charge in [0.25, 0.3) is 5.91 Å². The van der Waals surface area contributed by atoms with E-state index < -0.39 is 5.54 Å². The predicted octanol–water partition coefficient (Wildman–Crippen LogP) is 2.03. The first-order valence-corrected chi connectivity index (χ1v) is 9.04. The van der Waals surface area contributed by atoms with Crippen molar-refractivity contribution in [1.29, 1.82) is 0 Å². The highest BCUT2D eigenvalue weighted by Gasteiger charge is 2.52. The number of rotatable bonds is 4. The highest BCUT2D eigenvalue weighted by atomic mass is 16.2. The second-order valence-corrected chi connectivity index (χ2v) is 7.07. The summed E-state index contributed by atoms with van der Waals surface area (Å²) in [6, 6.07) is -0.279. The molecule has 6 nitrogen and oxygen atoms in total. The second kappa shape index (κ2) is 6.89. The van der Waals surface area contributed by atoms with Crippen LogP contribution in [0.4, 0.5) is 4.79 Å². The highest BCUT2D eigenvalue weighted by molar-refractivity contribution is 6.07. The number of carbonyl (C=O) groups is 3. The lowest BCUT2D eigenvalue weighted by molar-refractivity contribution is -0.133. The molecule has 128 valence electrons. The summed E-state index contributed by atoms with van der Waals surface area (Å²) in [5, 5.41) is 2.88. The molecule has 3 aliphatic rings. The zero-order valence-corrected chi connectivity index (χ0v) is 13.8. The zero-order valence-electron chi connectivity index (χ0n) is 13.8. The number of nitrogens with one attached hydrogen (secondary N) is 1. The smallest absolute Gasteiger partial charge is 0.325 e. The van der Waals surface area contributed by atoms with E-state index in [2.05, 4.69) is 5.32 Å². The van der Waals surface area contributed by atoms with Crippen molar-refractivity contribution >= 4 is 17.8 Å². The van der Waals surface area contributed by atoms with Crippen LogP contribution in [0.5, 0.6) is 0 Å². The van der Waals surface area contributed by atoms with Crippen LogP contribution in [0.15, 0.2) is 0 Å². The van der Waals surface area contributed by atoms with Crippen molar-refractivity contribution in [2.24, 2.45) is 0 Å². The molecule has 0 aromatic rings. The third-order valence-corrected chi connectivity index (χ3v) is 5.43. The van der Waals surface area contributed by atoms with Crippen LogP contribution in [0.3, 0.4) is 0 Å². The maximum atomic E-state index is 12.5. The Hall–Kier alpha value is -1.59. The number of hydrogen-bond donors (Lipinski definition) is 1. The maximum absolute atomic E-state index is 12.5. The monoisotopic (exact) mass is 321 g/mol. The van der Waals surface area contributed by atoms with Crippen molar-refractivity contribution in [2.45, 2.75) is 69.7 Å². The van der Waals surface area contributed by atoms with Crippen LogP contribution in [0.25, 0.3) is 0 Å². The summed E-state index contributed by atoms with van der Waals surface area (Å²) >= 11 is 0. The van der Waals surface area contributed by atoms with Gasteiger partial charge < -0.3 is 10.2 Å². The van der Waals surface area contributed by atoms with Crippen molar-refractivity contribution in [3.05, 3.63) is 0 Å². The molecule has 2 heterocycles. The summed E-state index contributed by atoms with van der Waals surface area (Å²) in [6.45, 7) is 2.06. The van der Waals surface area contributed by atoms with E-state index in [1.54, 1.807) is 0 Å². The molecule has 0 aromatic heterocycles. The minimum absolute atomic E-state index is 0.0813. The second-order valence-electron chi connectivity index (χ2n) is 7.07. The van der Waals surface area contributed by atoms with Gasteiger partial charge in [-0.05, 0) is 32.1 Å². The number of carbonyl (C=O) groups excluding carboxylic acids is 3. The van der Waals surface area contributed by atoms with Crippen LogP contribution in [0.2, 0.25) is 0 Å². The van der Waals surface area contributed by atoms with Gasteiger partial charge in [-0.15, -0.1) is 0 Å². The van der Waals surface area contributed by atoms with Crippen LogP contribution < -0.4 is 5.32 Å². The summed E-state index contributed by atoms with van der Waals surface area (Å²) in [5.74, 6) is 0.0803. The summed E-state index contributed by atoms with van der Waals surface area (Å²) < 4.78 is 0. The van der Waals surface area contributed by atoms with E-state index in [1.165, 1.54) is 17.7 Å². The Morgan fingerprint density at radius 2 is 1.65 bits per heavy atom. The number of hydrogen-bond acceptors (Lipinski definition) is 3. The van der Waals surface area contributed by atoms with Gasteiger partial charge in [0.15, 0.2) is 0 Å². The van der Waals surface area contributed by atoms with Gasteiger partial charge in [-0.1, -0.05) is 25.7 Å². The van der Waals surface area contributed by atoms with E-state index in [0.717, 1.165) is 51.6 Å². The summed E-state index contributed by atoms with van der Waals surface area (Å²) in [4.78, 5) is 40.1. The average molecular weight is 321 g/mol. The van der Waals surface area contributed by atoms with E-state index in [1.807, 2.05) is 4.90 Å². The lowest BCUT2D eigenvalue weighted by Crippen LogP contribution is -2.44. The zero-order chi connectivity index (χ0) is 16.3. The van der Waals surface area contributed by atoms with Gasteiger partial charge in [0.1, 0.15) is 5.54 Å². The molecule has 1 aliphatic carbocycles. The summed E-state index contributed by atoms with van der Waals surface area (Å²) in [6.07, 6.45) is 9.04. The SMILES string of the molecule is O=C(CCCN1C(=O)NC2(CCCC2)C1=O)N1CCCCCC1. The van der Waals surface area contributed by atoms with Crippen molar-refractivity contribution in [3.8, 4) is 0 Å². The lowest BCUT2D eigenvalue weighted by atomic mass is 9.98. The van der Waals surface area contributed by atoms with Crippen molar-refractivity contribution < 1.29 is 14.4 Å². The van der Waals surface area contributed by atoms with Crippen molar-refractivity contribution in [2.75, 3.05) is 19.6 Å². The largest absolute Gasteiger partial charge is 0.343 e. The molecule has 3 rings (SSSR count). The number of nitrogens with zero attached hydrogens (tertiary/aromatic N) is 2. The van der Waals surface area contributed by atoms with E-state index in [0.29, 0.717) is 19.4 Å². The highest BCUT2D eigenvalue weighted by Crippen LogP contribution is 2.35. The number of amides is 4. The Labute approximate surface area is 137 Å². The van der Waals surface area contributed by atoms with E-state index in [-0.39, 0.29) is 17.8 Å². The number of likely N-dealkylation sites (tertiary alicyclic amines) is 1. The Morgan fingerprint density at radius 3 is 2.30 bits per heavy atom. The molecule has 2 saturated heterocycles. The van der Waals surface area contributed by atoms with Gasteiger partial charge in [-0.25, -0.2) is 4.79 Å². The molecule has 1 spiro atoms.